The minimum Gasteiger partial charge on any atom is -0.491 e. The predicted octanol–water partition coefficient (Wildman–Crippen LogP) is 2.96. The van der Waals surface area contributed by atoms with E-state index in [4.69, 9.17) is 14.6 Å². The maximum atomic E-state index is 10.7. The number of aliphatic hydroxyl groups excluding tert-OH is 2. The lowest BCUT2D eigenvalue weighted by atomic mass is 10.1. The molecule has 5 nitrogen and oxygen atoms in total. The monoisotopic (exact) mass is 352 g/mol. The Morgan fingerprint density at radius 3 is 2.31 bits per heavy atom. The minimum atomic E-state index is -0.884. The molecule has 0 heterocycles. The lowest BCUT2D eigenvalue weighted by molar-refractivity contribution is 0.0536. The highest BCUT2D eigenvalue weighted by Crippen LogP contribution is 2.23. The van der Waals surface area contributed by atoms with Crippen LogP contribution in [0.2, 0.25) is 0 Å². The van der Waals surface area contributed by atoms with Crippen molar-refractivity contribution in [3.05, 3.63) is 71.8 Å². The molecule has 0 aliphatic carbocycles. The molecule has 0 aliphatic heterocycles. The first-order chi connectivity index (χ1) is 12.7. The molecule has 0 bridgehead atoms. The highest BCUT2D eigenvalue weighted by Gasteiger charge is 2.05. The second kappa shape index (κ2) is 8.47. The van der Waals surface area contributed by atoms with Gasteiger partial charge in [-0.25, -0.2) is 0 Å². The molecule has 26 heavy (non-hydrogen) atoms. The zero-order valence-corrected chi connectivity index (χ0v) is 14.2. The van der Waals surface area contributed by atoms with Gasteiger partial charge in [-0.2, -0.15) is 0 Å². The first kappa shape index (κ1) is 17.9. The van der Waals surface area contributed by atoms with Crippen LogP contribution in [-0.2, 0) is 6.61 Å². The Balaban J connectivity index is 1.65. The Hall–Kier alpha value is -2.89. The normalized spacial score (nSPS) is 11.9. The molecular formula is C21H20O5. The smallest absolute Gasteiger partial charge is 0.150 e. The van der Waals surface area contributed by atoms with Gasteiger partial charge in [0, 0.05) is 5.56 Å². The number of aliphatic hydroxyl groups is 2. The molecule has 0 aromatic heterocycles. The minimum absolute atomic E-state index is 0.0524. The maximum Gasteiger partial charge on any atom is 0.150 e. The van der Waals surface area contributed by atoms with Gasteiger partial charge < -0.3 is 19.7 Å². The van der Waals surface area contributed by atoms with Gasteiger partial charge in [0.05, 0.1) is 6.61 Å². The van der Waals surface area contributed by atoms with E-state index >= 15 is 0 Å². The Kier molecular flexibility index (Phi) is 5.84. The molecule has 3 aromatic rings. The third kappa shape index (κ3) is 4.59. The van der Waals surface area contributed by atoms with E-state index in [-0.39, 0.29) is 13.2 Å². The fourth-order valence-electron chi connectivity index (χ4n) is 2.51. The summed E-state index contributed by atoms with van der Waals surface area (Å²) in [6.45, 7) is 0.156. The van der Waals surface area contributed by atoms with Crippen molar-refractivity contribution in [3.63, 3.8) is 0 Å². The third-order valence-electron chi connectivity index (χ3n) is 3.95. The summed E-state index contributed by atoms with van der Waals surface area (Å²) in [5.74, 6) is 1.35. The van der Waals surface area contributed by atoms with Crippen LogP contribution in [0.5, 0.6) is 11.5 Å². The van der Waals surface area contributed by atoms with E-state index < -0.39 is 6.10 Å². The van der Waals surface area contributed by atoms with Crippen molar-refractivity contribution in [1.29, 1.82) is 0 Å². The van der Waals surface area contributed by atoms with E-state index in [0.29, 0.717) is 23.7 Å². The van der Waals surface area contributed by atoms with Crippen molar-refractivity contribution in [3.8, 4) is 11.5 Å². The zero-order valence-electron chi connectivity index (χ0n) is 14.2. The van der Waals surface area contributed by atoms with Crippen LogP contribution in [0.4, 0.5) is 0 Å². The summed E-state index contributed by atoms with van der Waals surface area (Å²) in [5, 5.41) is 20.2. The standard InChI is InChI=1S/C21H20O5/c22-11-15-2-6-20(7-3-15)25-13-16-1-4-18-10-21(8-5-17(18)9-16)26-14-19(24)12-23/h1-11,19,23-24H,12-14H2. The van der Waals surface area contributed by atoms with Crippen molar-refractivity contribution in [1.82, 2.24) is 0 Å². The van der Waals surface area contributed by atoms with Crippen molar-refractivity contribution in [2.75, 3.05) is 13.2 Å². The van der Waals surface area contributed by atoms with Crippen LogP contribution in [0.1, 0.15) is 15.9 Å². The second-order valence-corrected chi connectivity index (χ2v) is 5.97. The fourth-order valence-corrected chi connectivity index (χ4v) is 2.51. The van der Waals surface area contributed by atoms with Gasteiger partial charge in [-0.15, -0.1) is 0 Å². The summed E-state index contributed by atoms with van der Waals surface area (Å²) in [6, 6.07) is 18.7. The SMILES string of the molecule is O=Cc1ccc(OCc2ccc3cc(OCC(O)CO)ccc3c2)cc1. The lowest BCUT2D eigenvalue weighted by Crippen LogP contribution is -2.21. The summed E-state index contributed by atoms with van der Waals surface area (Å²) in [7, 11) is 0. The summed E-state index contributed by atoms with van der Waals surface area (Å²) >= 11 is 0. The Morgan fingerprint density at radius 2 is 1.58 bits per heavy atom. The summed E-state index contributed by atoms with van der Waals surface area (Å²) in [5.41, 5.74) is 1.65. The number of benzene rings is 3. The summed E-state index contributed by atoms with van der Waals surface area (Å²) in [4.78, 5) is 10.7. The number of fused-ring (bicyclic) bond motifs is 1. The molecular weight excluding hydrogens is 332 g/mol. The molecule has 3 aromatic carbocycles. The zero-order chi connectivity index (χ0) is 18.4. The van der Waals surface area contributed by atoms with Gasteiger partial charge in [0.15, 0.2) is 0 Å². The quantitative estimate of drug-likeness (QED) is 0.610. The van der Waals surface area contributed by atoms with E-state index in [1.165, 1.54) is 0 Å². The van der Waals surface area contributed by atoms with Crippen LogP contribution < -0.4 is 9.47 Å². The molecule has 1 unspecified atom stereocenters. The molecule has 0 spiro atoms. The van der Waals surface area contributed by atoms with Gasteiger partial charge >= 0.3 is 0 Å². The van der Waals surface area contributed by atoms with Crippen molar-refractivity contribution < 1.29 is 24.5 Å². The number of hydrogen-bond acceptors (Lipinski definition) is 5. The first-order valence-electron chi connectivity index (χ1n) is 8.30. The average molecular weight is 352 g/mol. The van der Waals surface area contributed by atoms with E-state index in [1.54, 1.807) is 24.3 Å². The predicted molar refractivity (Wildman–Crippen MR) is 98.7 cm³/mol. The second-order valence-electron chi connectivity index (χ2n) is 5.97. The molecule has 3 rings (SSSR count). The molecule has 0 fully saturated rings. The number of aldehydes is 1. The number of rotatable bonds is 8. The van der Waals surface area contributed by atoms with E-state index in [1.807, 2.05) is 36.4 Å². The molecule has 0 saturated carbocycles. The van der Waals surface area contributed by atoms with Crippen LogP contribution in [0.3, 0.4) is 0 Å². The first-order valence-corrected chi connectivity index (χ1v) is 8.30. The van der Waals surface area contributed by atoms with Gasteiger partial charge in [-0.3, -0.25) is 4.79 Å². The summed E-state index contributed by atoms with van der Waals surface area (Å²) in [6.07, 6.45) is -0.0823. The fraction of sp³-hybridized carbons (Fsp3) is 0.190. The van der Waals surface area contributed by atoms with Gasteiger partial charge in [0.2, 0.25) is 0 Å². The average Bonchev–Trinajstić information content (AvgIpc) is 2.70. The van der Waals surface area contributed by atoms with Crippen LogP contribution in [0, 0.1) is 0 Å². The highest BCUT2D eigenvalue weighted by molar-refractivity contribution is 5.84. The Bertz CT molecular complexity index is 873. The van der Waals surface area contributed by atoms with Crippen LogP contribution >= 0.6 is 0 Å². The van der Waals surface area contributed by atoms with Crippen molar-refractivity contribution >= 4 is 17.1 Å². The van der Waals surface area contributed by atoms with E-state index in [0.717, 1.165) is 22.6 Å². The maximum absolute atomic E-state index is 10.7. The molecule has 0 aliphatic rings. The van der Waals surface area contributed by atoms with Gasteiger partial charge in [-0.05, 0) is 58.8 Å². The Labute approximate surface area is 151 Å². The van der Waals surface area contributed by atoms with E-state index in [2.05, 4.69) is 0 Å². The third-order valence-corrected chi connectivity index (χ3v) is 3.95. The highest BCUT2D eigenvalue weighted by atomic mass is 16.5. The molecule has 2 N–H and O–H groups in total. The van der Waals surface area contributed by atoms with Crippen LogP contribution in [-0.4, -0.2) is 35.8 Å². The number of hydrogen-bond donors (Lipinski definition) is 2. The van der Waals surface area contributed by atoms with Gasteiger partial charge in [0.25, 0.3) is 0 Å². The molecule has 0 radical (unpaired) electrons. The Morgan fingerprint density at radius 1 is 0.885 bits per heavy atom. The van der Waals surface area contributed by atoms with Crippen molar-refractivity contribution in [2.45, 2.75) is 12.7 Å². The summed E-state index contributed by atoms with van der Waals surface area (Å²) < 4.78 is 11.2. The molecule has 0 saturated heterocycles. The molecule has 5 heteroatoms. The number of carbonyl (C=O) groups excluding carboxylic acids is 1. The van der Waals surface area contributed by atoms with Gasteiger partial charge in [0.1, 0.15) is 37.1 Å². The molecule has 134 valence electrons. The van der Waals surface area contributed by atoms with E-state index in [9.17, 15) is 9.90 Å². The largest absolute Gasteiger partial charge is 0.491 e. The van der Waals surface area contributed by atoms with Crippen LogP contribution in [0.25, 0.3) is 10.8 Å². The lowest BCUT2D eigenvalue weighted by Gasteiger charge is -2.11. The molecule has 0 amide bonds. The number of ether oxygens (including phenoxy) is 2. The van der Waals surface area contributed by atoms with Gasteiger partial charge in [-0.1, -0.05) is 18.2 Å². The number of carbonyl (C=O) groups is 1. The van der Waals surface area contributed by atoms with Crippen molar-refractivity contribution in [2.24, 2.45) is 0 Å². The molecule has 1 atom stereocenters. The van der Waals surface area contributed by atoms with Crippen LogP contribution in [0.15, 0.2) is 60.7 Å². The topological polar surface area (TPSA) is 76.0 Å².